The largest absolute Gasteiger partial charge is 0.272 e. The maximum atomic E-state index is 11.9. The summed E-state index contributed by atoms with van der Waals surface area (Å²) in [4.78, 5) is 13.9. The highest BCUT2D eigenvalue weighted by molar-refractivity contribution is 7.90. The van der Waals surface area contributed by atoms with Crippen LogP contribution in [-0.4, -0.2) is 25.7 Å². The molecule has 0 bridgehead atoms. The molecule has 0 saturated heterocycles. The second-order valence-corrected chi connectivity index (χ2v) is 5.47. The second-order valence-electron chi connectivity index (χ2n) is 3.79. The smallest absolute Gasteiger partial charge is 0.269 e. The minimum atomic E-state index is -3.69. The number of sulfonamides is 1. The molecule has 1 N–H and O–H groups in total. The average molecular weight is 269 g/mol. The lowest BCUT2D eigenvalue weighted by molar-refractivity contribution is -0.384. The fourth-order valence-electron chi connectivity index (χ4n) is 1.58. The van der Waals surface area contributed by atoms with Crippen LogP contribution in [0, 0.1) is 10.1 Å². The van der Waals surface area contributed by atoms with Crippen LogP contribution in [0.4, 0.5) is 5.69 Å². The van der Waals surface area contributed by atoms with Gasteiger partial charge in [-0.25, -0.2) is 8.42 Å². The zero-order chi connectivity index (χ0) is 13.2. The summed E-state index contributed by atoms with van der Waals surface area (Å²) >= 11 is 0. The molecular weight excluding hydrogens is 258 g/mol. The molecule has 0 aliphatic carbocycles. The summed E-state index contributed by atoms with van der Waals surface area (Å²) in [5, 5.41) is 10.5. The van der Waals surface area contributed by atoms with Crippen LogP contribution >= 0.6 is 0 Å². The molecule has 2 rings (SSSR count). The van der Waals surface area contributed by atoms with E-state index in [-0.39, 0.29) is 10.6 Å². The molecule has 0 atom stereocenters. The van der Waals surface area contributed by atoms with Crippen molar-refractivity contribution in [2.24, 2.45) is 4.99 Å². The van der Waals surface area contributed by atoms with Gasteiger partial charge in [0.1, 0.15) is 5.84 Å². The molecule has 0 spiro atoms. The molecule has 0 aromatic heterocycles. The van der Waals surface area contributed by atoms with Crippen LogP contribution in [0.1, 0.15) is 12.8 Å². The second kappa shape index (κ2) is 4.73. The van der Waals surface area contributed by atoms with Crippen LogP contribution in [0.3, 0.4) is 0 Å². The summed E-state index contributed by atoms with van der Waals surface area (Å²) in [6, 6.07) is 4.72. The lowest BCUT2D eigenvalue weighted by atomic mass is 10.3. The number of nitrogens with one attached hydrogen (secondary N) is 1. The molecule has 18 heavy (non-hydrogen) atoms. The van der Waals surface area contributed by atoms with Gasteiger partial charge in [0.05, 0.1) is 9.82 Å². The van der Waals surface area contributed by atoms with Gasteiger partial charge in [0, 0.05) is 25.1 Å². The monoisotopic (exact) mass is 269 g/mol. The van der Waals surface area contributed by atoms with E-state index in [1.54, 1.807) is 0 Å². The highest BCUT2D eigenvalue weighted by Crippen LogP contribution is 2.16. The van der Waals surface area contributed by atoms with E-state index in [9.17, 15) is 18.5 Å². The van der Waals surface area contributed by atoms with Crippen molar-refractivity contribution >= 4 is 21.5 Å². The van der Waals surface area contributed by atoms with Gasteiger partial charge in [0.15, 0.2) is 0 Å². The molecule has 0 amide bonds. The predicted octanol–water partition coefficient (Wildman–Crippen LogP) is 1.07. The summed E-state index contributed by atoms with van der Waals surface area (Å²) in [5.41, 5.74) is -0.146. The summed E-state index contributed by atoms with van der Waals surface area (Å²) in [5.74, 6) is 0.438. The van der Waals surface area contributed by atoms with Crippen molar-refractivity contribution in [3.63, 3.8) is 0 Å². The SMILES string of the molecule is O=[N+]([O-])c1ccc(S(=O)(=O)NC2=NCCC2)cc1. The molecule has 8 heteroatoms. The fourth-order valence-corrected chi connectivity index (χ4v) is 2.67. The van der Waals surface area contributed by atoms with Crippen LogP contribution in [0.15, 0.2) is 34.2 Å². The first-order valence-corrected chi connectivity index (χ1v) is 6.78. The van der Waals surface area contributed by atoms with E-state index in [1.165, 1.54) is 12.1 Å². The number of amidine groups is 1. The molecule has 96 valence electrons. The average Bonchev–Trinajstić information content (AvgIpc) is 2.81. The summed E-state index contributed by atoms with van der Waals surface area (Å²) in [6.07, 6.45) is 1.43. The Labute approximate surface area is 104 Å². The quantitative estimate of drug-likeness (QED) is 0.654. The van der Waals surface area contributed by atoms with E-state index in [0.717, 1.165) is 18.6 Å². The molecule has 0 saturated carbocycles. The Kier molecular flexibility index (Phi) is 3.28. The van der Waals surface area contributed by atoms with Crippen molar-refractivity contribution in [2.75, 3.05) is 6.54 Å². The van der Waals surface area contributed by atoms with Crippen molar-refractivity contribution in [3.8, 4) is 0 Å². The highest BCUT2D eigenvalue weighted by Gasteiger charge is 2.18. The van der Waals surface area contributed by atoms with Crippen LogP contribution in [-0.2, 0) is 10.0 Å². The van der Waals surface area contributed by atoms with Gasteiger partial charge in [-0.15, -0.1) is 0 Å². The minimum Gasteiger partial charge on any atom is -0.272 e. The molecule has 1 aliphatic rings. The Morgan fingerprint density at radius 1 is 1.28 bits per heavy atom. The first kappa shape index (κ1) is 12.5. The van der Waals surface area contributed by atoms with E-state index in [2.05, 4.69) is 9.71 Å². The van der Waals surface area contributed by atoms with Crippen LogP contribution in [0.25, 0.3) is 0 Å². The van der Waals surface area contributed by atoms with Crippen LogP contribution in [0.2, 0.25) is 0 Å². The molecule has 1 heterocycles. The lowest BCUT2D eigenvalue weighted by Gasteiger charge is -2.06. The van der Waals surface area contributed by atoms with Gasteiger partial charge in [-0.3, -0.25) is 19.8 Å². The molecule has 1 aromatic carbocycles. The van der Waals surface area contributed by atoms with E-state index in [4.69, 9.17) is 0 Å². The number of nitro groups is 1. The minimum absolute atomic E-state index is 0.0114. The van der Waals surface area contributed by atoms with Crippen LogP contribution < -0.4 is 4.72 Å². The van der Waals surface area contributed by atoms with Gasteiger partial charge >= 0.3 is 0 Å². The summed E-state index contributed by atoms with van der Waals surface area (Å²) in [6.45, 7) is 0.623. The van der Waals surface area contributed by atoms with E-state index in [0.29, 0.717) is 18.8 Å². The van der Waals surface area contributed by atoms with Crippen molar-refractivity contribution < 1.29 is 13.3 Å². The molecule has 7 nitrogen and oxygen atoms in total. The van der Waals surface area contributed by atoms with E-state index < -0.39 is 14.9 Å². The fraction of sp³-hybridized carbons (Fsp3) is 0.300. The maximum Gasteiger partial charge on any atom is 0.269 e. The van der Waals surface area contributed by atoms with Crippen molar-refractivity contribution in [1.29, 1.82) is 0 Å². The predicted molar refractivity (Wildman–Crippen MR) is 65.0 cm³/mol. The van der Waals surface area contributed by atoms with Gasteiger partial charge in [-0.2, -0.15) is 0 Å². The molecule has 1 aromatic rings. The van der Waals surface area contributed by atoms with Gasteiger partial charge in [-0.1, -0.05) is 0 Å². The van der Waals surface area contributed by atoms with Gasteiger partial charge in [0.2, 0.25) is 0 Å². The number of hydrogen-bond donors (Lipinski definition) is 1. The first-order valence-electron chi connectivity index (χ1n) is 5.30. The number of benzene rings is 1. The molecule has 0 unspecified atom stereocenters. The topological polar surface area (TPSA) is 102 Å². The number of nitro benzene ring substituents is 1. The number of hydrogen-bond acceptors (Lipinski definition) is 5. The Morgan fingerprint density at radius 2 is 1.94 bits per heavy atom. The van der Waals surface area contributed by atoms with Crippen LogP contribution in [0.5, 0.6) is 0 Å². The Bertz CT molecular complexity index is 592. The molecule has 0 radical (unpaired) electrons. The number of nitrogens with zero attached hydrogens (tertiary/aromatic N) is 2. The molecule has 0 fully saturated rings. The zero-order valence-electron chi connectivity index (χ0n) is 9.37. The first-order chi connectivity index (χ1) is 8.49. The van der Waals surface area contributed by atoms with Crippen molar-refractivity contribution in [1.82, 2.24) is 4.72 Å². The molecular formula is C10H11N3O4S. The van der Waals surface area contributed by atoms with E-state index in [1.807, 2.05) is 0 Å². The standard InChI is InChI=1S/C10H11N3O4S/c14-13(15)8-3-5-9(6-4-8)18(16,17)12-10-2-1-7-11-10/h3-6H,1-2,7H2,(H,11,12). The maximum absolute atomic E-state index is 11.9. The third-order valence-electron chi connectivity index (χ3n) is 2.48. The summed E-state index contributed by atoms with van der Waals surface area (Å²) < 4.78 is 26.2. The third-order valence-corrected chi connectivity index (χ3v) is 3.88. The van der Waals surface area contributed by atoms with Gasteiger partial charge in [0.25, 0.3) is 15.7 Å². The normalized spacial score (nSPS) is 15.2. The number of aliphatic imine (C=N–C) groups is 1. The van der Waals surface area contributed by atoms with Crippen molar-refractivity contribution in [3.05, 3.63) is 34.4 Å². The zero-order valence-corrected chi connectivity index (χ0v) is 10.2. The Hall–Kier alpha value is -1.96. The number of non-ortho nitro benzene ring substituents is 1. The van der Waals surface area contributed by atoms with Gasteiger partial charge in [-0.05, 0) is 18.6 Å². The molecule has 1 aliphatic heterocycles. The van der Waals surface area contributed by atoms with Crippen molar-refractivity contribution in [2.45, 2.75) is 17.7 Å². The van der Waals surface area contributed by atoms with Gasteiger partial charge < -0.3 is 0 Å². The van der Waals surface area contributed by atoms with E-state index >= 15 is 0 Å². The lowest BCUT2D eigenvalue weighted by Crippen LogP contribution is -2.29. The third kappa shape index (κ3) is 2.65. The summed E-state index contributed by atoms with van der Waals surface area (Å²) in [7, 11) is -3.69. The highest BCUT2D eigenvalue weighted by atomic mass is 32.2. The number of rotatable bonds is 3. The Balaban J connectivity index is 2.21. The Morgan fingerprint density at radius 3 is 2.44 bits per heavy atom.